The van der Waals surface area contributed by atoms with Gasteiger partial charge in [-0.15, -0.1) is 11.3 Å². The molecule has 0 aliphatic heterocycles. The molecule has 12 heteroatoms. The van der Waals surface area contributed by atoms with Crippen LogP contribution >= 0.6 is 11.3 Å². The van der Waals surface area contributed by atoms with Crippen molar-refractivity contribution in [3.05, 3.63) is 64.1 Å². The highest BCUT2D eigenvalue weighted by molar-refractivity contribution is 7.12. The van der Waals surface area contributed by atoms with Crippen LogP contribution in [0.15, 0.2) is 43.0 Å². The van der Waals surface area contributed by atoms with E-state index in [2.05, 4.69) is 25.0 Å². The maximum atomic E-state index is 13.1. The van der Waals surface area contributed by atoms with Gasteiger partial charge in [-0.2, -0.15) is 18.3 Å². The first-order valence-corrected chi connectivity index (χ1v) is 12.3. The predicted octanol–water partition coefficient (Wildman–Crippen LogP) is 5.67. The normalized spacial score (nSPS) is 13.9. The fraction of sp³-hybridized carbons (Fsp3) is 0.280. The van der Waals surface area contributed by atoms with E-state index >= 15 is 0 Å². The lowest BCUT2D eigenvalue weighted by Gasteiger charge is -2.11. The molecule has 1 aliphatic carbocycles. The molecule has 0 bridgehead atoms. The summed E-state index contributed by atoms with van der Waals surface area (Å²) in [5.41, 5.74) is 4.12. The van der Waals surface area contributed by atoms with Crippen molar-refractivity contribution in [2.45, 2.75) is 38.4 Å². The molecule has 37 heavy (non-hydrogen) atoms. The molecule has 0 spiro atoms. The Morgan fingerprint density at radius 2 is 1.84 bits per heavy atom. The van der Waals surface area contributed by atoms with Crippen LogP contribution in [0.25, 0.3) is 33.7 Å². The van der Waals surface area contributed by atoms with E-state index in [-0.39, 0.29) is 0 Å². The number of hydrogen-bond donors (Lipinski definition) is 0. The number of nitrogens with zero attached hydrogens (tertiary/aromatic N) is 7. The van der Waals surface area contributed by atoms with Crippen molar-refractivity contribution in [2.75, 3.05) is 7.11 Å². The fourth-order valence-electron chi connectivity index (χ4n) is 4.24. The number of alkyl halides is 3. The highest BCUT2D eigenvalue weighted by atomic mass is 32.1. The number of rotatable bonds is 6. The maximum absolute atomic E-state index is 13.1. The van der Waals surface area contributed by atoms with Crippen LogP contribution in [0.2, 0.25) is 0 Å². The third-order valence-electron chi connectivity index (χ3n) is 6.20. The first-order valence-electron chi connectivity index (χ1n) is 11.5. The third kappa shape index (κ3) is 4.41. The van der Waals surface area contributed by atoms with E-state index in [0.29, 0.717) is 62.8 Å². The van der Waals surface area contributed by atoms with Gasteiger partial charge in [0, 0.05) is 22.6 Å². The van der Waals surface area contributed by atoms with Gasteiger partial charge in [0.05, 0.1) is 36.6 Å². The molecule has 6 rings (SSSR count). The van der Waals surface area contributed by atoms with Crippen LogP contribution < -0.4 is 4.74 Å². The molecule has 0 unspecified atom stereocenters. The standard InChI is InChI=1S/C25H20F3N7OS/c1-13-19(33-24(37-13)25(26,27)28)15-5-3-14(4-6-15)11-35-22-17(10-32-35)9-29-21(34-22)18-20(16-7-8-16)30-12-31-23(18)36-2/h3-6,9-10,12,16H,7-8,11H2,1-2H3. The van der Waals surface area contributed by atoms with Crippen molar-refractivity contribution >= 4 is 22.4 Å². The SMILES string of the molecule is COc1ncnc(C2CC2)c1-c1ncc2cnn(Cc3ccc(-c4nc(C(F)(F)F)sc4C)cc3)c2n1. The van der Waals surface area contributed by atoms with Gasteiger partial charge in [-0.05, 0) is 25.3 Å². The summed E-state index contributed by atoms with van der Waals surface area (Å²) in [6, 6.07) is 7.27. The van der Waals surface area contributed by atoms with Gasteiger partial charge in [-0.3, -0.25) is 0 Å². The number of thiazole rings is 1. The number of aryl methyl sites for hydroxylation is 1. The molecule has 0 saturated heterocycles. The van der Waals surface area contributed by atoms with Crippen LogP contribution in [0, 0.1) is 6.92 Å². The van der Waals surface area contributed by atoms with E-state index < -0.39 is 11.2 Å². The topological polar surface area (TPSA) is 91.5 Å². The number of ether oxygens (including phenoxy) is 1. The Morgan fingerprint density at radius 3 is 2.51 bits per heavy atom. The maximum Gasteiger partial charge on any atom is 0.443 e. The Kier molecular flexibility index (Phi) is 5.63. The summed E-state index contributed by atoms with van der Waals surface area (Å²) in [4.78, 5) is 22.4. The zero-order valence-electron chi connectivity index (χ0n) is 19.8. The number of halogens is 3. The summed E-state index contributed by atoms with van der Waals surface area (Å²) in [6.07, 6.45) is 2.58. The average molecular weight is 524 g/mol. The van der Waals surface area contributed by atoms with E-state index in [1.165, 1.54) is 6.33 Å². The van der Waals surface area contributed by atoms with E-state index in [9.17, 15) is 13.2 Å². The molecular weight excluding hydrogens is 503 g/mol. The van der Waals surface area contributed by atoms with E-state index in [0.717, 1.165) is 29.5 Å². The molecule has 5 aromatic rings. The second-order valence-corrected chi connectivity index (χ2v) is 10.0. The molecule has 8 nitrogen and oxygen atoms in total. The highest BCUT2D eigenvalue weighted by Crippen LogP contribution is 2.45. The molecule has 1 aromatic carbocycles. The van der Waals surface area contributed by atoms with E-state index in [4.69, 9.17) is 9.72 Å². The molecule has 4 aromatic heterocycles. The zero-order chi connectivity index (χ0) is 25.7. The lowest BCUT2D eigenvalue weighted by molar-refractivity contribution is -0.137. The summed E-state index contributed by atoms with van der Waals surface area (Å²) < 4.78 is 46.4. The van der Waals surface area contributed by atoms with Crippen molar-refractivity contribution in [3.8, 4) is 28.5 Å². The third-order valence-corrected chi connectivity index (χ3v) is 7.21. The molecule has 0 N–H and O–H groups in total. The predicted molar refractivity (Wildman–Crippen MR) is 131 cm³/mol. The Balaban J connectivity index is 1.31. The van der Waals surface area contributed by atoms with Gasteiger partial charge in [0.25, 0.3) is 0 Å². The zero-order valence-corrected chi connectivity index (χ0v) is 20.6. The van der Waals surface area contributed by atoms with Gasteiger partial charge >= 0.3 is 6.18 Å². The quantitative estimate of drug-likeness (QED) is 0.283. The van der Waals surface area contributed by atoms with Crippen molar-refractivity contribution in [1.82, 2.24) is 34.7 Å². The number of fused-ring (bicyclic) bond motifs is 1. The van der Waals surface area contributed by atoms with Crippen LogP contribution in [0.3, 0.4) is 0 Å². The number of benzene rings is 1. The second-order valence-electron chi connectivity index (χ2n) is 8.81. The molecular formula is C25H20F3N7OS. The van der Waals surface area contributed by atoms with Gasteiger partial charge in [0.1, 0.15) is 11.9 Å². The minimum Gasteiger partial charge on any atom is -0.480 e. The summed E-state index contributed by atoms with van der Waals surface area (Å²) in [5.74, 6) is 1.26. The average Bonchev–Trinajstić information content (AvgIpc) is 3.55. The Bertz CT molecular complexity index is 1610. The number of aromatic nitrogens is 7. The summed E-state index contributed by atoms with van der Waals surface area (Å²) in [5, 5.41) is 4.42. The van der Waals surface area contributed by atoms with Crippen molar-refractivity contribution in [1.29, 1.82) is 0 Å². The molecule has 0 amide bonds. The largest absolute Gasteiger partial charge is 0.480 e. The molecule has 1 aliphatic rings. The fourth-order valence-corrected chi connectivity index (χ4v) is 5.05. The molecule has 0 atom stereocenters. The monoisotopic (exact) mass is 523 g/mol. The second kappa shape index (κ2) is 8.87. The highest BCUT2D eigenvalue weighted by Gasteiger charge is 2.35. The Morgan fingerprint density at radius 1 is 1.05 bits per heavy atom. The van der Waals surface area contributed by atoms with Gasteiger partial charge in [-0.1, -0.05) is 24.3 Å². The van der Waals surface area contributed by atoms with Crippen LogP contribution in [0.4, 0.5) is 13.2 Å². The van der Waals surface area contributed by atoms with Gasteiger partial charge in [-0.25, -0.2) is 29.6 Å². The lowest BCUT2D eigenvalue weighted by atomic mass is 10.1. The number of hydrogen-bond acceptors (Lipinski definition) is 8. The Hall–Kier alpha value is -3.93. The van der Waals surface area contributed by atoms with E-state index in [1.54, 1.807) is 43.2 Å². The van der Waals surface area contributed by atoms with Crippen LogP contribution in [0.1, 0.15) is 39.9 Å². The van der Waals surface area contributed by atoms with E-state index in [1.807, 2.05) is 12.1 Å². The Labute approximate surface area is 213 Å². The summed E-state index contributed by atoms with van der Waals surface area (Å²) in [6.45, 7) is 2.06. The summed E-state index contributed by atoms with van der Waals surface area (Å²) >= 11 is 0.652. The minimum atomic E-state index is -4.45. The minimum absolute atomic E-state index is 0.344. The molecule has 1 fully saturated rings. The number of methoxy groups -OCH3 is 1. The lowest BCUT2D eigenvalue weighted by Crippen LogP contribution is -2.05. The molecule has 188 valence electrons. The van der Waals surface area contributed by atoms with Gasteiger partial charge in [0.2, 0.25) is 5.88 Å². The van der Waals surface area contributed by atoms with Crippen LogP contribution in [-0.4, -0.2) is 41.8 Å². The summed E-state index contributed by atoms with van der Waals surface area (Å²) in [7, 11) is 1.56. The molecule has 0 radical (unpaired) electrons. The van der Waals surface area contributed by atoms with Crippen LogP contribution in [-0.2, 0) is 12.7 Å². The first kappa shape index (κ1) is 23.5. The van der Waals surface area contributed by atoms with Gasteiger partial charge in [0.15, 0.2) is 16.5 Å². The molecule has 4 heterocycles. The molecule has 1 saturated carbocycles. The van der Waals surface area contributed by atoms with Crippen molar-refractivity contribution in [2.24, 2.45) is 0 Å². The van der Waals surface area contributed by atoms with Crippen molar-refractivity contribution in [3.63, 3.8) is 0 Å². The van der Waals surface area contributed by atoms with Crippen LogP contribution in [0.5, 0.6) is 5.88 Å². The van der Waals surface area contributed by atoms with Gasteiger partial charge < -0.3 is 4.74 Å². The first-order chi connectivity index (χ1) is 17.8. The van der Waals surface area contributed by atoms with Crippen molar-refractivity contribution < 1.29 is 17.9 Å². The smallest absolute Gasteiger partial charge is 0.443 e.